The molecule has 1 aromatic carbocycles. The summed E-state index contributed by atoms with van der Waals surface area (Å²) in [7, 11) is 1.46. The normalized spacial score (nSPS) is 20.0. The maximum atomic E-state index is 14.7. The van der Waals surface area contributed by atoms with E-state index in [0.29, 0.717) is 40.9 Å². The van der Waals surface area contributed by atoms with Crippen LogP contribution in [0.2, 0.25) is 0 Å². The predicted molar refractivity (Wildman–Crippen MR) is 150 cm³/mol. The number of amides is 4. The summed E-state index contributed by atoms with van der Waals surface area (Å²) in [5, 5.41) is 2.85. The molecule has 214 valence electrons. The highest BCUT2D eigenvalue weighted by molar-refractivity contribution is 6.13. The van der Waals surface area contributed by atoms with E-state index in [9.17, 15) is 18.8 Å². The monoisotopic (exact) mass is 569 g/mol. The van der Waals surface area contributed by atoms with Gasteiger partial charge < -0.3 is 14.5 Å². The number of fused-ring (bicyclic) bond motifs is 1. The fourth-order valence-electron chi connectivity index (χ4n) is 5.34. The first-order valence-corrected chi connectivity index (χ1v) is 13.9. The van der Waals surface area contributed by atoms with E-state index in [-0.39, 0.29) is 42.6 Å². The predicted octanol–water partition coefficient (Wildman–Crippen LogP) is 4.17. The lowest BCUT2D eigenvalue weighted by molar-refractivity contribution is -0.124. The highest BCUT2D eigenvalue weighted by atomic mass is 19.1. The van der Waals surface area contributed by atoms with Crippen LogP contribution >= 0.6 is 0 Å². The van der Waals surface area contributed by atoms with Crippen LogP contribution in [0.25, 0.3) is 5.65 Å². The Morgan fingerprint density at radius 1 is 1.14 bits per heavy atom. The molecular weight excluding hydrogens is 541 g/mol. The quantitative estimate of drug-likeness (QED) is 0.316. The number of anilines is 2. The van der Waals surface area contributed by atoms with Crippen LogP contribution in [0.4, 0.5) is 20.6 Å². The van der Waals surface area contributed by atoms with Gasteiger partial charge in [0.05, 0.1) is 11.4 Å². The molecule has 12 heteroatoms. The first kappa shape index (κ1) is 26.1. The lowest BCUT2D eigenvalue weighted by Crippen LogP contribution is -2.30. The number of rotatable bonds is 8. The van der Waals surface area contributed by atoms with E-state index in [1.807, 2.05) is 29.7 Å². The molecule has 3 fully saturated rings. The van der Waals surface area contributed by atoms with E-state index < -0.39 is 11.8 Å². The van der Waals surface area contributed by atoms with Crippen LogP contribution in [-0.4, -0.2) is 55.7 Å². The van der Waals surface area contributed by atoms with E-state index in [2.05, 4.69) is 20.3 Å². The Balaban J connectivity index is 1.07. The molecule has 11 nitrogen and oxygen atoms in total. The number of carbonyl (C=O) groups is 3. The second-order valence-corrected chi connectivity index (χ2v) is 11.1. The van der Waals surface area contributed by atoms with E-state index >= 15 is 0 Å². The van der Waals surface area contributed by atoms with Gasteiger partial charge in [-0.05, 0) is 61.9 Å². The zero-order valence-corrected chi connectivity index (χ0v) is 23.1. The maximum Gasteiger partial charge on any atom is 0.331 e. The van der Waals surface area contributed by atoms with Crippen LogP contribution in [-0.2, 0) is 16.2 Å². The Bertz CT molecular complexity index is 1770. The van der Waals surface area contributed by atoms with Crippen LogP contribution in [0.1, 0.15) is 53.9 Å². The maximum absolute atomic E-state index is 14.7. The van der Waals surface area contributed by atoms with Crippen molar-refractivity contribution in [2.75, 3.05) is 23.8 Å². The molecule has 4 amide bonds. The van der Waals surface area contributed by atoms with Gasteiger partial charge in [0.25, 0.3) is 0 Å². The number of urea groups is 1. The van der Waals surface area contributed by atoms with Crippen LogP contribution in [0.3, 0.4) is 0 Å². The van der Waals surface area contributed by atoms with Gasteiger partial charge in [-0.25, -0.2) is 24.1 Å². The number of nitrogens with zero attached hydrogens (tertiary/aromatic N) is 6. The first-order chi connectivity index (χ1) is 20.2. The van der Waals surface area contributed by atoms with Crippen molar-refractivity contribution < 1.29 is 23.5 Å². The highest BCUT2D eigenvalue weighted by Gasteiger charge is 2.46. The number of hydrogen-bond acceptors (Lipinski definition) is 7. The molecule has 0 spiro atoms. The number of imide groups is 1. The smallest absolute Gasteiger partial charge is 0.331 e. The van der Waals surface area contributed by atoms with Crippen molar-refractivity contribution in [2.24, 2.45) is 5.92 Å². The Kier molecular flexibility index (Phi) is 6.14. The standard InChI is InChI=1S/C30H28FN7O4/c1-16-7-8-32-27(33-16)21-11-22(21)29(40)35-19-5-6-23(31)25(10-19)42-15-20-13-37-12-18(17-3-4-17)9-24(28(37)34-20)38-14-26(39)36(2)30(38)41/h5-10,12-13,17,21-22H,3-4,11,14-15H2,1-2H3,(H,35,40)/t21-,22-/m0/s1. The molecule has 3 aliphatic rings. The van der Waals surface area contributed by atoms with E-state index in [1.165, 1.54) is 30.1 Å². The zero-order chi connectivity index (χ0) is 29.1. The topological polar surface area (TPSA) is 122 Å². The average Bonchev–Trinajstić information content (AvgIpc) is 3.90. The zero-order valence-electron chi connectivity index (χ0n) is 23.1. The van der Waals surface area contributed by atoms with E-state index in [4.69, 9.17) is 4.74 Å². The molecule has 0 bridgehead atoms. The minimum atomic E-state index is -0.574. The van der Waals surface area contributed by atoms with Gasteiger partial charge in [0.2, 0.25) is 11.8 Å². The van der Waals surface area contributed by atoms with Gasteiger partial charge in [-0.15, -0.1) is 0 Å². The first-order valence-electron chi connectivity index (χ1n) is 13.9. The number of pyridine rings is 1. The molecule has 1 saturated heterocycles. The molecule has 7 rings (SSSR count). The molecule has 4 aromatic rings. The number of aromatic nitrogens is 4. The number of aryl methyl sites for hydroxylation is 1. The summed E-state index contributed by atoms with van der Waals surface area (Å²) >= 11 is 0. The summed E-state index contributed by atoms with van der Waals surface area (Å²) in [5.74, 6) is -0.275. The Hall–Kier alpha value is -4.87. The van der Waals surface area contributed by atoms with Gasteiger partial charge >= 0.3 is 6.03 Å². The van der Waals surface area contributed by atoms with Crippen molar-refractivity contribution in [1.29, 1.82) is 0 Å². The average molecular weight is 570 g/mol. The fraction of sp³-hybridized carbons (Fsp3) is 0.333. The summed E-state index contributed by atoms with van der Waals surface area (Å²) in [6.07, 6.45) is 8.23. The number of ether oxygens (including phenoxy) is 1. The third-order valence-corrected chi connectivity index (χ3v) is 7.97. The number of halogens is 1. The molecule has 0 radical (unpaired) electrons. The number of benzene rings is 1. The number of imidazole rings is 1. The van der Waals surface area contributed by atoms with Gasteiger partial charge in [-0.1, -0.05) is 0 Å². The number of likely N-dealkylation sites (N-methyl/N-ethyl adjacent to an activating group) is 1. The van der Waals surface area contributed by atoms with E-state index in [0.717, 1.165) is 29.0 Å². The van der Waals surface area contributed by atoms with Gasteiger partial charge in [0, 0.05) is 54.9 Å². The molecule has 2 saturated carbocycles. The molecule has 3 aromatic heterocycles. The van der Waals surface area contributed by atoms with Crippen molar-refractivity contribution in [3.05, 3.63) is 77.5 Å². The van der Waals surface area contributed by atoms with Crippen LogP contribution in [0.5, 0.6) is 5.75 Å². The van der Waals surface area contributed by atoms with Gasteiger partial charge in [0.1, 0.15) is 19.0 Å². The Labute approximate surface area is 240 Å². The van der Waals surface area contributed by atoms with Gasteiger partial charge in [-0.2, -0.15) is 0 Å². The van der Waals surface area contributed by atoms with Gasteiger partial charge in [-0.3, -0.25) is 19.4 Å². The molecule has 42 heavy (non-hydrogen) atoms. The number of carbonyl (C=O) groups excluding carboxylic acids is 3. The molecule has 2 aliphatic carbocycles. The van der Waals surface area contributed by atoms with Crippen molar-refractivity contribution in [2.45, 2.75) is 44.6 Å². The lowest BCUT2D eigenvalue weighted by atomic mass is 10.1. The SMILES string of the molecule is Cc1ccnc([C@H]2C[C@@H]2C(=O)Nc2ccc(F)c(OCc3cn4cc(C5CC5)cc(N5CC(=O)N(C)C5=O)c4n3)c2)n1. The second kappa shape index (κ2) is 9.89. The van der Waals surface area contributed by atoms with Crippen molar-refractivity contribution in [1.82, 2.24) is 24.3 Å². The molecule has 1 aliphatic heterocycles. The largest absolute Gasteiger partial charge is 0.484 e. The third kappa shape index (κ3) is 4.82. The Morgan fingerprint density at radius 3 is 2.71 bits per heavy atom. The van der Waals surface area contributed by atoms with Gasteiger partial charge in [0.15, 0.2) is 17.2 Å². The lowest BCUT2D eigenvalue weighted by Gasteiger charge is -2.17. The molecular formula is C30H28FN7O4. The second-order valence-electron chi connectivity index (χ2n) is 11.1. The highest BCUT2D eigenvalue weighted by Crippen LogP contribution is 2.46. The van der Waals surface area contributed by atoms with Crippen molar-refractivity contribution >= 4 is 34.9 Å². The fourth-order valence-corrected chi connectivity index (χ4v) is 5.34. The summed E-state index contributed by atoms with van der Waals surface area (Å²) in [6.45, 7) is 1.78. The molecule has 4 heterocycles. The molecule has 2 atom stereocenters. The number of nitrogens with one attached hydrogen (secondary N) is 1. The van der Waals surface area contributed by atoms with E-state index in [1.54, 1.807) is 12.4 Å². The minimum absolute atomic E-state index is 0.0277. The number of hydrogen-bond donors (Lipinski definition) is 1. The summed E-state index contributed by atoms with van der Waals surface area (Å²) in [4.78, 5) is 53.7. The molecule has 0 unspecified atom stereocenters. The van der Waals surface area contributed by atoms with Crippen molar-refractivity contribution in [3.63, 3.8) is 0 Å². The van der Waals surface area contributed by atoms with Crippen molar-refractivity contribution in [3.8, 4) is 5.75 Å². The van der Waals surface area contributed by atoms with Crippen LogP contribution < -0.4 is 15.0 Å². The van der Waals surface area contributed by atoms with Crippen LogP contribution in [0, 0.1) is 18.7 Å². The third-order valence-electron chi connectivity index (χ3n) is 7.97. The summed E-state index contributed by atoms with van der Waals surface area (Å²) in [5.41, 5.74) is 3.91. The van der Waals surface area contributed by atoms with Crippen LogP contribution in [0.15, 0.2) is 48.9 Å². The Morgan fingerprint density at radius 2 is 1.98 bits per heavy atom. The summed E-state index contributed by atoms with van der Waals surface area (Å²) in [6, 6.07) is 7.52. The minimum Gasteiger partial charge on any atom is -0.484 e. The summed E-state index contributed by atoms with van der Waals surface area (Å²) < 4.78 is 22.3. The molecule has 1 N–H and O–H groups in total.